The minimum absolute atomic E-state index is 0.0545. The van der Waals surface area contributed by atoms with Crippen LogP contribution in [0, 0.1) is 0 Å². The van der Waals surface area contributed by atoms with Crippen LogP contribution in [0.3, 0.4) is 0 Å². The first-order chi connectivity index (χ1) is 14.5. The van der Waals surface area contributed by atoms with Gasteiger partial charge in [0.05, 0.1) is 11.8 Å². The molecule has 0 bridgehead atoms. The van der Waals surface area contributed by atoms with Crippen molar-refractivity contribution in [2.75, 3.05) is 10.7 Å². The molecule has 1 aromatic heterocycles. The van der Waals surface area contributed by atoms with Crippen LogP contribution in [0.15, 0.2) is 46.8 Å². The Kier molecular flexibility index (Phi) is 6.34. The van der Waals surface area contributed by atoms with E-state index in [1.54, 1.807) is 4.90 Å². The van der Waals surface area contributed by atoms with Crippen LogP contribution in [0.5, 0.6) is 0 Å². The van der Waals surface area contributed by atoms with Gasteiger partial charge in [0.25, 0.3) is 0 Å². The van der Waals surface area contributed by atoms with Crippen molar-refractivity contribution in [3.8, 4) is 0 Å². The molecular formula is C22H24N4O2S2. The van der Waals surface area contributed by atoms with Gasteiger partial charge in [-0.25, -0.2) is 0 Å². The average Bonchev–Trinajstić information content (AvgIpc) is 3.48. The molecule has 30 heavy (non-hydrogen) atoms. The number of hydrogen-bond donors (Lipinski definition) is 1. The highest BCUT2D eigenvalue weighted by Gasteiger charge is 2.35. The maximum Gasteiger partial charge on any atom is 0.230 e. The van der Waals surface area contributed by atoms with Gasteiger partial charge in [-0.1, -0.05) is 66.4 Å². The Bertz CT molecular complexity index is 1060. The van der Waals surface area contributed by atoms with Crippen molar-refractivity contribution in [3.63, 3.8) is 0 Å². The molecule has 2 amide bonds. The monoisotopic (exact) mass is 440 g/mol. The van der Waals surface area contributed by atoms with Crippen molar-refractivity contribution >= 4 is 50.8 Å². The molecule has 156 valence electrons. The zero-order chi connectivity index (χ0) is 21.1. The SMILES string of the molecule is CCC(=O)N(c1nnc(SCC(=O)N[C@H](C)c2ccc3ccccc3c2)s1)C1CC1. The second-order valence-corrected chi connectivity index (χ2v) is 9.56. The number of hydrogen-bond acceptors (Lipinski definition) is 6. The standard InChI is InChI=1S/C22H24N4O2S2/c1-3-20(28)26(18-10-11-18)21-24-25-22(30-21)29-13-19(27)23-14(2)16-9-8-15-6-4-5-7-17(15)12-16/h4-9,12,14,18H,3,10-11,13H2,1-2H3,(H,23,27)/t14-/m1/s1. The molecule has 2 aromatic carbocycles. The second-order valence-electron chi connectivity index (χ2n) is 7.38. The van der Waals surface area contributed by atoms with Gasteiger partial charge < -0.3 is 5.32 Å². The van der Waals surface area contributed by atoms with Gasteiger partial charge in [0.1, 0.15) is 0 Å². The predicted molar refractivity (Wildman–Crippen MR) is 122 cm³/mol. The summed E-state index contributed by atoms with van der Waals surface area (Å²) >= 11 is 2.73. The highest BCUT2D eigenvalue weighted by molar-refractivity contribution is 8.01. The summed E-state index contributed by atoms with van der Waals surface area (Å²) in [5, 5.41) is 14.4. The van der Waals surface area contributed by atoms with Gasteiger partial charge in [0, 0.05) is 12.5 Å². The fraction of sp³-hybridized carbons (Fsp3) is 0.364. The molecule has 1 saturated carbocycles. The molecule has 0 saturated heterocycles. The van der Waals surface area contributed by atoms with E-state index in [0.717, 1.165) is 23.8 Å². The Morgan fingerprint density at radius 3 is 2.70 bits per heavy atom. The van der Waals surface area contributed by atoms with Gasteiger partial charge in [-0.3, -0.25) is 14.5 Å². The van der Waals surface area contributed by atoms with Crippen molar-refractivity contribution in [2.24, 2.45) is 0 Å². The topological polar surface area (TPSA) is 75.2 Å². The summed E-state index contributed by atoms with van der Waals surface area (Å²) in [6.45, 7) is 3.84. The summed E-state index contributed by atoms with van der Waals surface area (Å²) in [5.41, 5.74) is 1.07. The van der Waals surface area contributed by atoms with E-state index in [2.05, 4.69) is 45.8 Å². The lowest BCUT2D eigenvalue weighted by molar-refractivity contribution is -0.119. The molecule has 3 aromatic rings. The van der Waals surface area contributed by atoms with Gasteiger partial charge in [-0.15, -0.1) is 10.2 Å². The van der Waals surface area contributed by atoms with Crippen LogP contribution in [0.25, 0.3) is 10.8 Å². The van der Waals surface area contributed by atoms with Crippen molar-refractivity contribution < 1.29 is 9.59 Å². The molecule has 1 fully saturated rings. The Labute approximate surface area is 184 Å². The number of nitrogens with one attached hydrogen (secondary N) is 1. The summed E-state index contributed by atoms with van der Waals surface area (Å²) in [5.74, 6) is 0.283. The molecule has 1 N–H and O–H groups in total. The zero-order valence-corrected chi connectivity index (χ0v) is 18.6. The van der Waals surface area contributed by atoms with Crippen LogP contribution in [0.4, 0.5) is 5.13 Å². The number of anilines is 1. The molecule has 0 aliphatic heterocycles. The third-order valence-corrected chi connectivity index (χ3v) is 7.12. The van der Waals surface area contributed by atoms with E-state index in [-0.39, 0.29) is 29.7 Å². The largest absolute Gasteiger partial charge is 0.349 e. The summed E-state index contributed by atoms with van der Waals surface area (Å²) in [6.07, 6.45) is 2.49. The maximum absolute atomic E-state index is 12.4. The average molecular weight is 441 g/mol. The number of carbonyl (C=O) groups is 2. The highest BCUT2D eigenvalue weighted by atomic mass is 32.2. The van der Waals surface area contributed by atoms with Crippen LogP contribution in [-0.4, -0.2) is 33.8 Å². The van der Waals surface area contributed by atoms with Crippen LogP contribution >= 0.6 is 23.1 Å². The first-order valence-corrected chi connectivity index (χ1v) is 11.9. The van der Waals surface area contributed by atoms with Gasteiger partial charge in [-0.05, 0) is 42.2 Å². The third-order valence-electron chi connectivity index (χ3n) is 5.06. The number of amides is 2. The molecule has 1 aliphatic carbocycles. The van der Waals surface area contributed by atoms with E-state index in [1.807, 2.05) is 26.0 Å². The van der Waals surface area contributed by atoms with Crippen molar-refractivity contribution in [2.45, 2.75) is 49.5 Å². The number of thioether (sulfide) groups is 1. The maximum atomic E-state index is 12.4. The molecular weight excluding hydrogens is 416 g/mol. The Morgan fingerprint density at radius 1 is 1.20 bits per heavy atom. The molecule has 1 heterocycles. The Balaban J connectivity index is 1.33. The molecule has 8 heteroatoms. The molecule has 1 atom stereocenters. The molecule has 0 radical (unpaired) electrons. The summed E-state index contributed by atoms with van der Waals surface area (Å²) in [4.78, 5) is 26.4. The Morgan fingerprint density at radius 2 is 1.97 bits per heavy atom. The van der Waals surface area contributed by atoms with Crippen molar-refractivity contribution in [1.82, 2.24) is 15.5 Å². The Hall–Kier alpha value is -2.45. The fourth-order valence-corrected chi connectivity index (χ4v) is 5.04. The second kappa shape index (κ2) is 9.14. The first kappa shape index (κ1) is 20.8. The van der Waals surface area contributed by atoms with E-state index in [9.17, 15) is 9.59 Å². The molecule has 0 spiro atoms. The van der Waals surface area contributed by atoms with E-state index in [0.29, 0.717) is 15.9 Å². The number of carbonyl (C=O) groups excluding carboxylic acids is 2. The van der Waals surface area contributed by atoms with Crippen LogP contribution in [-0.2, 0) is 9.59 Å². The molecule has 6 nitrogen and oxygen atoms in total. The fourth-order valence-electron chi connectivity index (χ4n) is 3.30. The van der Waals surface area contributed by atoms with E-state index in [1.165, 1.54) is 28.5 Å². The number of fused-ring (bicyclic) bond motifs is 1. The van der Waals surface area contributed by atoms with Gasteiger partial charge >= 0.3 is 0 Å². The lowest BCUT2D eigenvalue weighted by Gasteiger charge is -2.17. The van der Waals surface area contributed by atoms with Crippen LogP contribution in [0.1, 0.15) is 44.7 Å². The van der Waals surface area contributed by atoms with Crippen LogP contribution in [0.2, 0.25) is 0 Å². The van der Waals surface area contributed by atoms with Crippen molar-refractivity contribution in [1.29, 1.82) is 0 Å². The quantitative estimate of drug-likeness (QED) is 0.410. The van der Waals surface area contributed by atoms with Crippen LogP contribution < -0.4 is 10.2 Å². The number of benzene rings is 2. The molecule has 4 rings (SSSR count). The summed E-state index contributed by atoms with van der Waals surface area (Å²) in [7, 11) is 0. The normalized spacial score (nSPS) is 14.5. The molecule has 1 aliphatic rings. The van der Waals surface area contributed by atoms with Crippen molar-refractivity contribution in [3.05, 3.63) is 48.0 Å². The predicted octanol–water partition coefficient (Wildman–Crippen LogP) is 4.57. The third kappa shape index (κ3) is 4.82. The highest BCUT2D eigenvalue weighted by Crippen LogP contribution is 2.36. The first-order valence-electron chi connectivity index (χ1n) is 10.1. The smallest absolute Gasteiger partial charge is 0.230 e. The zero-order valence-electron chi connectivity index (χ0n) is 17.0. The minimum atomic E-state index is -0.0831. The number of nitrogens with zero attached hydrogens (tertiary/aromatic N) is 3. The van der Waals surface area contributed by atoms with E-state index < -0.39 is 0 Å². The molecule has 0 unspecified atom stereocenters. The van der Waals surface area contributed by atoms with Gasteiger partial charge in [0.2, 0.25) is 16.9 Å². The lowest BCUT2D eigenvalue weighted by atomic mass is 10.0. The number of rotatable bonds is 8. The van der Waals surface area contributed by atoms with E-state index >= 15 is 0 Å². The van der Waals surface area contributed by atoms with Gasteiger partial charge in [0.15, 0.2) is 4.34 Å². The summed E-state index contributed by atoms with van der Waals surface area (Å²) in [6, 6.07) is 14.6. The van der Waals surface area contributed by atoms with E-state index in [4.69, 9.17) is 0 Å². The van der Waals surface area contributed by atoms with Gasteiger partial charge in [-0.2, -0.15) is 0 Å². The minimum Gasteiger partial charge on any atom is -0.349 e. The lowest BCUT2D eigenvalue weighted by Crippen LogP contribution is -2.32. The summed E-state index contributed by atoms with van der Waals surface area (Å²) < 4.78 is 0.702. The number of aromatic nitrogens is 2.